The van der Waals surface area contributed by atoms with E-state index >= 15 is 0 Å². The average Bonchev–Trinajstić information content (AvgIpc) is 2.95. The second-order valence-corrected chi connectivity index (χ2v) is 6.83. The molecule has 0 aliphatic carbocycles. The van der Waals surface area contributed by atoms with Crippen LogP contribution >= 0.6 is 11.8 Å². The molecule has 0 radical (unpaired) electrons. The predicted octanol–water partition coefficient (Wildman–Crippen LogP) is 1.29. The lowest BCUT2D eigenvalue weighted by Crippen LogP contribution is -2.35. The fourth-order valence-electron chi connectivity index (χ4n) is 2.63. The SMILES string of the molecule is Cc1cn([C@@H]2O[C@H](CO)C[C@H]2Sc2ccccc2)c(=O)[nH]c1=O. The lowest BCUT2D eigenvalue weighted by atomic mass is 10.2. The van der Waals surface area contributed by atoms with Crippen molar-refractivity contribution in [2.45, 2.75) is 35.8 Å². The van der Waals surface area contributed by atoms with Crippen molar-refractivity contribution >= 4 is 11.8 Å². The highest BCUT2D eigenvalue weighted by Gasteiger charge is 2.37. The molecule has 0 saturated carbocycles. The van der Waals surface area contributed by atoms with Gasteiger partial charge in [-0.25, -0.2) is 4.79 Å². The average molecular weight is 334 g/mol. The third-order valence-corrected chi connectivity index (χ3v) is 5.07. The first-order valence-corrected chi connectivity index (χ1v) is 8.26. The zero-order chi connectivity index (χ0) is 16.4. The molecule has 23 heavy (non-hydrogen) atoms. The number of nitrogens with one attached hydrogen (secondary N) is 1. The zero-order valence-electron chi connectivity index (χ0n) is 12.6. The minimum absolute atomic E-state index is 0.0300. The number of hydrogen-bond acceptors (Lipinski definition) is 5. The van der Waals surface area contributed by atoms with Crippen LogP contribution in [0.25, 0.3) is 0 Å². The Kier molecular flexibility index (Phi) is 4.70. The van der Waals surface area contributed by atoms with E-state index in [2.05, 4.69) is 4.98 Å². The monoisotopic (exact) mass is 334 g/mol. The van der Waals surface area contributed by atoms with Crippen molar-refractivity contribution in [2.24, 2.45) is 0 Å². The maximum Gasteiger partial charge on any atom is 0.330 e. The number of nitrogens with zero attached hydrogens (tertiary/aromatic N) is 1. The van der Waals surface area contributed by atoms with Gasteiger partial charge in [-0.2, -0.15) is 0 Å². The summed E-state index contributed by atoms with van der Waals surface area (Å²) in [4.78, 5) is 27.0. The Morgan fingerprint density at radius 1 is 1.35 bits per heavy atom. The van der Waals surface area contributed by atoms with Crippen LogP contribution in [0.15, 0.2) is 51.0 Å². The topological polar surface area (TPSA) is 84.3 Å². The van der Waals surface area contributed by atoms with E-state index < -0.39 is 17.5 Å². The number of benzene rings is 1. The van der Waals surface area contributed by atoms with E-state index in [1.54, 1.807) is 18.7 Å². The molecule has 1 aromatic carbocycles. The van der Waals surface area contributed by atoms with Gasteiger partial charge in [0.2, 0.25) is 0 Å². The highest BCUT2D eigenvalue weighted by Crippen LogP contribution is 2.40. The number of aryl methyl sites for hydroxylation is 1. The van der Waals surface area contributed by atoms with Crippen LogP contribution in [0.4, 0.5) is 0 Å². The molecule has 0 amide bonds. The van der Waals surface area contributed by atoms with Crippen molar-refractivity contribution in [3.8, 4) is 0 Å². The Morgan fingerprint density at radius 2 is 2.09 bits per heavy atom. The van der Waals surface area contributed by atoms with Crippen LogP contribution in [0.3, 0.4) is 0 Å². The van der Waals surface area contributed by atoms with Gasteiger partial charge in [-0.15, -0.1) is 11.8 Å². The highest BCUT2D eigenvalue weighted by molar-refractivity contribution is 8.00. The molecule has 2 heterocycles. The normalized spacial score (nSPS) is 24.0. The molecule has 3 rings (SSSR count). The van der Waals surface area contributed by atoms with Crippen molar-refractivity contribution in [1.82, 2.24) is 9.55 Å². The molecular formula is C16H18N2O4S. The quantitative estimate of drug-likeness (QED) is 0.880. The van der Waals surface area contributed by atoms with Crippen LogP contribution in [0.1, 0.15) is 18.2 Å². The minimum atomic E-state index is -0.527. The van der Waals surface area contributed by atoms with Crippen molar-refractivity contribution in [3.63, 3.8) is 0 Å². The summed E-state index contributed by atoms with van der Waals surface area (Å²) in [6.45, 7) is 1.55. The van der Waals surface area contributed by atoms with Crippen LogP contribution in [-0.2, 0) is 4.74 Å². The summed E-state index contributed by atoms with van der Waals surface area (Å²) >= 11 is 1.60. The van der Waals surface area contributed by atoms with E-state index in [9.17, 15) is 14.7 Å². The van der Waals surface area contributed by atoms with Crippen LogP contribution in [0.5, 0.6) is 0 Å². The standard InChI is InChI=1S/C16H18N2O4S/c1-10-8-18(16(21)17-14(10)20)15-13(7-11(9-19)22-15)23-12-5-3-2-4-6-12/h2-6,8,11,13,15,19H,7,9H2,1H3,(H,17,20,21)/t11-,13+,15+/m0/s1. The van der Waals surface area contributed by atoms with Gasteiger partial charge >= 0.3 is 5.69 Å². The summed E-state index contributed by atoms with van der Waals surface area (Å²) in [6, 6.07) is 9.84. The third kappa shape index (κ3) is 3.41. The van der Waals surface area contributed by atoms with E-state index in [4.69, 9.17) is 4.74 Å². The van der Waals surface area contributed by atoms with Crippen LogP contribution < -0.4 is 11.2 Å². The molecule has 2 N–H and O–H groups in total. The van der Waals surface area contributed by atoms with E-state index in [-0.39, 0.29) is 18.0 Å². The molecule has 122 valence electrons. The number of thioether (sulfide) groups is 1. The van der Waals surface area contributed by atoms with E-state index in [0.717, 1.165) is 4.90 Å². The van der Waals surface area contributed by atoms with Crippen LogP contribution in [-0.4, -0.2) is 32.6 Å². The summed E-state index contributed by atoms with van der Waals surface area (Å²) < 4.78 is 7.24. The van der Waals surface area contributed by atoms with E-state index in [1.807, 2.05) is 30.3 Å². The third-order valence-electron chi connectivity index (χ3n) is 3.80. The van der Waals surface area contributed by atoms with Gasteiger partial charge in [-0.05, 0) is 25.5 Å². The Bertz CT molecular complexity index is 787. The molecule has 7 heteroatoms. The number of rotatable bonds is 4. The first-order chi connectivity index (χ1) is 11.1. The smallest absolute Gasteiger partial charge is 0.330 e. The molecule has 0 unspecified atom stereocenters. The molecule has 1 fully saturated rings. The van der Waals surface area contributed by atoms with Gasteiger partial charge in [0.05, 0.1) is 18.0 Å². The maximum atomic E-state index is 12.1. The van der Waals surface area contributed by atoms with Crippen molar-refractivity contribution < 1.29 is 9.84 Å². The number of H-pyrrole nitrogens is 1. The number of hydrogen-bond donors (Lipinski definition) is 2. The molecule has 6 nitrogen and oxygen atoms in total. The van der Waals surface area contributed by atoms with Gasteiger partial charge in [-0.1, -0.05) is 18.2 Å². The lowest BCUT2D eigenvalue weighted by Gasteiger charge is -2.20. The molecule has 1 aliphatic rings. The summed E-state index contributed by atoms with van der Waals surface area (Å²) in [6.07, 6.45) is 1.30. The van der Waals surface area contributed by atoms with Crippen molar-refractivity contribution in [3.05, 3.63) is 62.9 Å². The van der Waals surface area contributed by atoms with E-state index in [1.165, 1.54) is 10.8 Å². The zero-order valence-corrected chi connectivity index (χ0v) is 13.5. The minimum Gasteiger partial charge on any atom is -0.394 e. The van der Waals surface area contributed by atoms with Gasteiger partial charge in [0.1, 0.15) is 0 Å². The molecule has 1 aliphatic heterocycles. The van der Waals surface area contributed by atoms with Gasteiger partial charge in [-0.3, -0.25) is 14.3 Å². The summed E-state index contributed by atoms with van der Waals surface area (Å²) in [5.74, 6) is 0. The number of aromatic nitrogens is 2. The second-order valence-electron chi connectivity index (χ2n) is 5.51. The maximum absolute atomic E-state index is 12.1. The molecule has 3 atom stereocenters. The second kappa shape index (κ2) is 6.74. The first-order valence-electron chi connectivity index (χ1n) is 7.38. The molecule has 1 saturated heterocycles. The Labute approximate surface area is 137 Å². The molecule has 0 spiro atoms. The van der Waals surface area contributed by atoms with Crippen molar-refractivity contribution in [2.75, 3.05) is 6.61 Å². The van der Waals surface area contributed by atoms with Gasteiger partial charge < -0.3 is 9.84 Å². The number of aliphatic hydroxyl groups excluding tert-OH is 1. The largest absolute Gasteiger partial charge is 0.394 e. The number of ether oxygens (including phenoxy) is 1. The number of aromatic amines is 1. The predicted molar refractivity (Wildman–Crippen MR) is 87.8 cm³/mol. The van der Waals surface area contributed by atoms with Gasteiger partial charge in [0.25, 0.3) is 5.56 Å². The highest BCUT2D eigenvalue weighted by atomic mass is 32.2. The fourth-order valence-corrected chi connectivity index (χ4v) is 3.92. The Balaban J connectivity index is 1.93. The molecule has 1 aromatic heterocycles. The molecular weight excluding hydrogens is 316 g/mol. The lowest BCUT2D eigenvalue weighted by molar-refractivity contribution is -0.0235. The summed E-state index contributed by atoms with van der Waals surface area (Å²) in [5.41, 5.74) is -0.442. The van der Waals surface area contributed by atoms with E-state index in [0.29, 0.717) is 12.0 Å². The Morgan fingerprint density at radius 3 is 2.78 bits per heavy atom. The molecule has 0 bridgehead atoms. The summed E-state index contributed by atoms with van der Waals surface area (Å²) in [7, 11) is 0. The first kappa shape index (κ1) is 16.0. The van der Waals surface area contributed by atoms with Gasteiger partial charge in [0.15, 0.2) is 6.23 Å². The summed E-state index contributed by atoms with van der Waals surface area (Å²) in [5, 5.41) is 9.37. The number of aliphatic hydroxyl groups is 1. The van der Waals surface area contributed by atoms with Crippen LogP contribution in [0, 0.1) is 6.92 Å². The molecule has 2 aromatic rings. The van der Waals surface area contributed by atoms with Crippen molar-refractivity contribution in [1.29, 1.82) is 0 Å². The van der Waals surface area contributed by atoms with Crippen LogP contribution in [0.2, 0.25) is 0 Å². The fraction of sp³-hybridized carbons (Fsp3) is 0.375. The Hall–Kier alpha value is -1.83. The van der Waals surface area contributed by atoms with Gasteiger partial charge in [0, 0.05) is 16.7 Å².